The highest BCUT2D eigenvalue weighted by atomic mass is 35.5. The number of anilines is 1. The van der Waals surface area contributed by atoms with Gasteiger partial charge in [0.25, 0.3) is 10.2 Å². The van der Waals surface area contributed by atoms with Crippen LogP contribution in [0.3, 0.4) is 0 Å². The number of carbonyl (C=O) groups excluding carboxylic acids is 1. The maximum atomic E-state index is 13.3. The Labute approximate surface area is 167 Å². The Morgan fingerprint density at radius 2 is 1.96 bits per heavy atom. The maximum Gasteiger partial charge on any atom is 0.280 e. The van der Waals surface area contributed by atoms with Gasteiger partial charge in [-0.25, -0.2) is 4.39 Å². The van der Waals surface area contributed by atoms with Gasteiger partial charge in [0, 0.05) is 18.8 Å². The first kappa shape index (κ1) is 20.5. The summed E-state index contributed by atoms with van der Waals surface area (Å²) >= 11 is 5.73. The molecule has 0 aliphatic carbocycles. The van der Waals surface area contributed by atoms with Crippen molar-refractivity contribution in [1.82, 2.24) is 9.03 Å². The van der Waals surface area contributed by atoms with E-state index in [1.165, 1.54) is 26.3 Å². The van der Waals surface area contributed by atoms with Gasteiger partial charge in [-0.1, -0.05) is 23.7 Å². The van der Waals surface area contributed by atoms with Crippen LogP contribution < -0.4 is 14.8 Å². The van der Waals surface area contributed by atoms with Crippen molar-refractivity contribution in [2.24, 2.45) is 0 Å². The Hall–Kier alpha value is -2.20. The number of amides is 1. The van der Waals surface area contributed by atoms with Crippen LogP contribution in [-0.2, 0) is 15.0 Å². The molecular weight excluding hydrogens is 409 g/mol. The van der Waals surface area contributed by atoms with E-state index in [-0.39, 0.29) is 17.1 Å². The van der Waals surface area contributed by atoms with E-state index in [1.54, 1.807) is 24.3 Å². The molecule has 1 aliphatic heterocycles. The highest BCUT2D eigenvalue weighted by Crippen LogP contribution is 2.29. The molecule has 150 valence electrons. The lowest BCUT2D eigenvalue weighted by molar-refractivity contribution is -0.120. The summed E-state index contributed by atoms with van der Waals surface area (Å²) < 4.78 is 46.9. The number of hydrogen-bond donors (Lipinski definition) is 2. The predicted octanol–water partition coefficient (Wildman–Crippen LogP) is 2.71. The largest absolute Gasteiger partial charge is 0.497 e. The fraction of sp³-hybridized carbons (Fsp3) is 0.278. The smallest absolute Gasteiger partial charge is 0.280 e. The zero-order chi connectivity index (χ0) is 20.5. The van der Waals surface area contributed by atoms with Crippen molar-refractivity contribution < 1.29 is 22.3 Å². The minimum atomic E-state index is -3.87. The zero-order valence-electron chi connectivity index (χ0n) is 15.1. The molecule has 3 rings (SSSR count). The van der Waals surface area contributed by atoms with Crippen LogP contribution in [0.25, 0.3) is 0 Å². The number of benzene rings is 2. The molecule has 2 aromatic rings. The van der Waals surface area contributed by atoms with Crippen LogP contribution in [0.2, 0.25) is 5.02 Å². The third kappa shape index (κ3) is 4.27. The first-order chi connectivity index (χ1) is 13.2. The second-order valence-electron chi connectivity index (χ2n) is 6.33. The van der Waals surface area contributed by atoms with Crippen LogP contribution in [0.1, 0.15) is 18.0 Å². The Morgan fingerprint density at radius 1 is 1.29 bits per heavy atom. The minimum absolute atomic E-state index is 0.139. The Balaban J connectivity index is 1.83. The van der Waals surface area contributed by atoms with E-state index in [0.29, 0.717) is 11.3 Å². The SMILES string of the molecule is COc1ccc([C@@H]2C[C@H](C(=O)Nc3ccc(F)c(Cl)c3)N(C)S(=O)(=O)N2)cc1. The number of halogens is 2. The molecule has 0 bridgehead atoms. The highest BCUT2D eigenvalue weighted by Gasteiger charge is 2.40. The van der Waals surface area contributed by atoms with E-state index in [9.17, 15) is 17.6 Å². The van der Waals surface area contributed by atoms with Crippen molar-refractivity contribution >= 4 is 33.4 Å². The molecule has 28 heavy (non-hydrogen) atoms. The van der Waals surface area contributed by atoms with E-state index in [1.807, 2.05) is 0 Å². The van der Waals surface area contributed by atoms with Crippen molar-refractivity contribution in [3.63, 3.8) is 0 Å². The second-order valence-corrected chi connectivity index (χ2v) is 8.50. The van der Waals surface area contributed by atoms with Crippen molar-refractivity contribution in [2.75, 3.05) is 19.5 Å². The predicted molar refractivity (Wildman–Crippen MR) is 104 cm³/mol. The van der Waals surface area contributed by atoms with Crippen molar-refractivity contribution in [2.45, 2.75) is 18.5 Å². The lowest BCUT2D eigenvalue weighted by Gasteiger charge is -2.36. The average Bonchev–Trinajstić information content (AvgIpc) is 2.66. The van der Waals surface area contributed by atoms with Gasteiger partial charge in [-0.05, 0) is 42.3 Å². The Bertz CT molecular complexity index is 985. The van der Waals surface area contributed by atoms with Crippen LogP contribution in [-0.4, -0.2) is 38.8 Å². The fourth-order valence-electron chi connectivity index (χ4n) is 2.96. The van der Waals surface area contributed by atoms with Gasteiger partial charge in [0.2, 0.25) is 5.91 Å². The monoisotopic (exact) mass is 427 g/mol. The van der Waals surface area contributed by atoms with Gasteiger partial charge in [0.15, 0.2) is 0 Å². The molecule has 1 amide bonds. The van der Waals surface area contributed by atoms with Crippen LogP contribution >= 0.6 is 11.6 Å². The molecule has 7 nitrogen and oxygen atoms in total. The second kappa shape index (κ2) is 8.04. The number of nitrogens with zero attached hydrogens (tertiary/aromatic N) is 1. The standard InChI is InChI=1S/C18H19ClFN3O4S/c1-23-17(18(24)21-12-5-8-15(20)14(19)9-12)10-16(22-28(23,25)26)11-3-6-13(27-2)7-4-11/h3-9,16-17,22H,10H2,1-2H3,(H,21,24)/t16-,17+/m0/s1. The molecule has 10 heteroatoms. The molecule has 2 N–H and O–H groups in total. The number of nitrogens with one attached hydrogen (secondary N) is 2. The fourth-order valence-corrected chi connectivity index (χ4v) is 4.42. The highest BCUT2D eigenvalue weighted by molar-refractivity contribution is 7.87. The molecule has 0 saturated carbocycles. The van der Waals surface area contributed by atoms with Gasteiger partial charge in [0.1, 0.15) is 17.6 Å². The first-order valence-corrected chi connectivity index (χ1v) is 10.2. The van der Waals surface area contributed by atoms with E-state index in [0.717, 1.165) is 10.4 Å². The minimum Gasteiger partial charge on any atom is -0.497 e. The summed E-state index contributed by atoms with van der Waals surface area (Å²) in [5.41, 5.74) is 0.988. The molecule has 1 aliphatic rings. The summed E-state index contributed by atoms with van der Waals surface area (Å²) in [7, 11) is -1.01. The summed E-state index contributed by atoms with van der Waals surface area (Å²) in [6.07, 6.45) is 0.211. The van der Waals surface area contributed by atoms with E-state index in [2.05, 4.69) is 10.0 Å². The molecule has 1 saturated heterocycles. The van der Waals surface area contributed by atoms with E-state index in [4.69, 9.17) is 16.3 Å². The molecule has 0 aromatic heterocycles. The van der Waals surface area contributed by atoms with Crippen molar-refractivity contribution in [3.05, 3.63) is 58.9 Å². The van der Waals surface area contributed by atoms with Gasteiger partial charge in [-0.3, -0.25) is 4.79 Å². The maximum absolute atomic E-state index is 13.3. The number of hydrogen-bond acceptors (Lipinski definition) is 4. The molecule has 2 atom stereocenters. The van der Waals surface area contributed by atoms with Crippen molar-refractivity contribution in [1.29, 1.82) is 0 Å². The third-order valence-electron chi connectivity index (χ3n) is 4.58. The van der Waals surface area contributed by atoms with Crippen LogP contribution in [0.4, 0.5) is 10.1 Å². The zero-order valence-corrected chi connectivity index (χ0v) is 16.7. The van der Waals surface area contributed by atoms with Gasteiger partial charge in [-0.2, -0.15) is 17.4 Å². The van der Waals surface area contributed by atoms with Gasteiger partial charge < -0.3 is 10.1 Å². The van der Waals surface area contributed by atoms with E-state index >= 15 is 0 Å². The lowest BCUT2D eigenvalue weighted by Crippen LogP contribution is -2.55. The van der Waals surface area contributed by atoms with Crippen LogP contribution in [0.5, 0.6) is 5.75 Å². The van der Waals surface area contributed by atoms with Gasteiger partial charge in [-0.15, -0.1) is 0 Å². The molecule has 0 radical (unpaired) electrons. The molecule has 0 spiro atoms. The number of likely N-dealkylation sites (N-methyl/N-ethyl adjacent to an activating group) is 1. The Morgan fingerprint density at radius 3 is 2.57 bits per heavy atom. The molecule has 1 fully saturated rings. The third-order valence-corrected chi connectivity index (χ3v) is 6.46. The van der Waals surface area contributed by atoms with E-state index < -0.39 is 34.0 Å². The molecule has 1 heterocycles. The summed E-state index contributed by atoms with van der Waals surface area (Å²) in [6, 6.07) is 9.14. The number of ether oxygens (including phenoxy) is 1. The summed E-state index contributed by atoms with van der Waals surface area (Å²) in [5.74, 6) is -0.503. The molecular formula is C18H19ClFN3O4S. The number of methoxy groups -OCH3 is 1. The lowest BCUT2D eigenvalue weighted by atomic mass is 9.99. The summed E-state index contributed by atoms with van der Waals surface area (Å²) in [4.78, 5) is 12.7. The van der Waals surface area contributed by atoms with Gasteiger partial charge >= 0.3 is 0 Å². The summed E-state index contributed by atoms with van der Waals surface area (Å²) in [6.45, 7) is 0. The average molecular weight is 428 g/mol. The first-order valence-electron chi connectivity index (χ1n) is 8.36. The number of carbonyl (C=O) groups is 1. The van der Waals surface area contributed by atoms with Crippen LogP contribution in [0, 0.1) is 5.82 Å². The van der Waals surface area contributed by atoms with Gasteiger partial charge in [0.05, 0.1) is 12.1 Å². The quantitative estimate of drug-likeness (QED) is 0.785. The number of rotatable bonds is 4. The summed E-state index contributed by atoms with van der Waals surface area (Å²) in [5, 5.41) is 2.46. The van der Waals surface area contributed by atoms with Crippen LogP contribution in [0.15, 0.2) is 42.5 Å². The normalized spacial score (nSPS) is 21.9. The van der Waals surface area contributed by atoms with Crippen molar-refractivity contribution in [3.8, 4) is 5.75 Å². The topological polar surface area (TPSA) is 87.7 Å². The Kier molecular flexibility index (Phi) is 5.90. The molecule has 0 unspecified atom stereocenters. The molecule has 2 aromatic carbocycles.